The molecule has 10 nitrogen and oxygen atoms in total. The summed E-state index contributed by atoms with van der Waals surface area (Å²) in [7, 11) is 0. The number of fused-ring (bicyclic) bond motifs is 3. The molecule has 40 heavy (non-hydrogen) atoms. The van der Waals surface area contributed by atoms with E-state index in [1.165, 1.54) is 0 Å². The number of rotatable bonds is 7. The summed E-state index contributed by atoms with van der Waals surface area (Å²) >= 11 is 13.8. The second-order valence-electron chi connectivity index (χ2n) is 8.08. The number of hydrogen-bond acceptors (Lipinski definition) is 10. The maximum atomic E-state index is 9.17. The summed E-state index contributed by atoms with van der Waals surface area (Å²) in [6.07, 6.45) is 0. The number of nitrogens with one attached hydrogen (secondary N) is 3. The van der Waals surface area contributed by atoms with Crippen LogP contribution in [0.25, 0.3) is 0 Å². The van der Waals surface area contributed by atoms with Crippen molar-refractivity contribution in [2.75, 3.05) is 36.8 Å². The van der Waals surface area contributed by atoms with Gasteiger partial charge in [0.2, 0.25) is 0 Å². The predicted molar refractivity (Wildman–Crippen MR) is 159 cm³/mol. The van der Waals surface area contributed by atoms with Crippen molar-refractivity contribution in [3.8, 4) is 34.5 Å². The molecule has 0 bridgehead atoms. The molecule has 3 heterocycles. The quantitative estimate of drug-likeness (QED) is 0.231. The van der Waals surface area contributed by atoms with E-state index in [-0.39, 0.29) is 5.75 Å². The number of phenolic OH excluding ortho intramolecular Hbond substituents is 1. The lowest BCUT2D eigenvalue weighted by molar-refractivity contribution is 0.210. The summed E-state index contributed by atoms with van der Waals surface area (Å²) < 4.78 is 10.8. The topological polar surface area (TPSA) is 128 Å². The van der Waals surface area contributed by atoms with Crippen LogP contribution in [0.1, 0.15) is 16.7 Å². The summed E-state index contributed by atoms with van der Waals surface area (Å²) in [5.74, 6) is 5.03. The van der Waals surface area contributed by atoms with Crippen molar-refractivity contribution in [1.29, 1.82) is 0 Å². The molecular weight excluding hydrogens is 627 g/mol. The van der Waals surface area contributed by atoms with E-state index < -0.39 is 0 Å². The minimum Gasteiger partial charge on any atom is -0.504 e. The zero-order valence-electron chi connectivity index (χ0n) is 21.8. The maximum Gasteiger partial charge on any atom is 0.193 e. The fourth-order valence-corrected chi connectivity index (χ4v) is 3.64. The van der Waals surface area contributed by atoms with Gasteiger partial charge in [-0.25, -0.2) is 0 Å². The molecule has 0 saturated heterocycles. The third-order valence-corrected chi connectivity index (χ3v) is 6.49. The number of ether oxygens (including phenoxy) is 2. The Bertz CT molecular complexity index is 1130. The largest absolute Gasteiger partial charge is 0.504 e. The van der Waals surface area contributed by atoms with Crippen LogP contribution in [-0.2, 0) is 19.6 Å². The molecule has 0 radical (unpaired) electrons. The molecule has 0 aromatic heterocycles. The summed E-state index contributed by atoms with van der Waals surface area (Å²) in [5.41, 5.74) is 16.8. The highest BCUT2D eigenvalue weighted by atomic mass is 79.9. The first-order chi connectivity index (χ1) is 19.6. The van der Waals surface area contributed by atoms with Gasteiger partial charge in [0.15, 0.2) is 34.5 Å². The van der Waals surface area contributed by atoms with E-state index in [4.69, 9.17) is 58.0 Å². The van der Waals surface area contributed by atoms with Crippen LogP contribution >= 0.6 is 39.1 Å². The third-order valence-electron chi connectivity index (χ3n) is 5.29. The summed E-state index contributed by atoms with van der Waals surface area (Å²) in [6.45, 7) is 3.66. The van der Waals surface area contributed by atoms with Crippen LogP contribution in [0.4, 0.5) is 0 Å². The highest BCUT2D eigenvalue weighted by molar-refractivity contribution is 9.09. The number of halogens is 3. The van der Waals surface area contributed by atoms with E-state index in [1.54, 1.807) is 12.1 Å². The first-order valence-electron chi connectivity index (χ1n) is 12.5. The van der Waals surface area contributed by atoms with E-state index in [2.05, 4.69) is 32.4 Å². The van der Waals surface area contributed by atoms with E-state index in [0.29, 0.717) is 43.8 Å². The molecule has 6 N–H and O–H groups in total. The smallest absolute Gasteiger partial charge is 0.193 e. The van der Waals surface area contributed by atoms with Crippen LogP contribution in [0.3, 0.4) is 0 Å². The number of benzene rings is 3. The number of aromatic hydroxyl groups is 1. The zero-order valence-corrected chi connectivity index (χ0v) is 24.9. The Labute approximate surface area is 252 Å². The van der Waals surface area contributed by atoms with Gasteiger partial charge in [0, 0.05) is 34.4 Å². The lowest BCUT2D eigenvalue weighted by Gasteiger charge is -2.07. The SMILES string of the molecule is ClCCBr.ClCCOc1cccc2c1ONC2.NCCOc1cccc2c1ONC2.Oc1cccc2c1ONC2. The van der Waals surface area contributed by atoms with E-state index >= 15 is 0 Å². The number of para-hydroxylation sites is 3. The van der Waals surface area contributed by atoms with Gasteiger partial charge in [0.1, 0.15) is 13.2 Å². The Balaban J connectivity index is 0.000000156. The molecule has 0 spiro atoms. The minimum absolute atomic E-state index is 0.197. The number of hydroxylamine groups is 3. The molecule has 0 saturated carbocycles. The van der Waals surface area contributed by atoms with Crippen LogP contribution in [0.5, 0.6) is 34.5 Å². The second kappa shape index (κ2) is 17.9. The van der Waals surface area contributed by atoms with Crippen molar-refractivity contribution in [2.24, 2.45) is 5.73 Å². The van der Waals surface area contributed by atoms with Gasteiger partial charge in [0.05, 0.1) is 25.5 Å². The molecule has 0 aliphatic carbocycles. The molecule has 0 amide bonds. The Kier molecular flexibility index (Phi) is 14.3. The molecule has 0 atom stereocenters. The number of hydrogen-bond donors (Lipinski definition) is 5. The predicted octanol–water partition coefficient (Wildman–Crippen LogP) is 4.53. The number of alkyl halides is 3. The van der Waals surface area contributed by atoms with Gasteiger partial charge < -0.3 is 34.8 Å². The van der Waals surface area contributed by atoms with Gasteiger partial charge in [0.25, 0.3) is 0 Å². The normalized spacial score (nSPS) is 13.2. The van der Waals surface area contributed by atoms with E-state index in [0.717, 1.165) is 58.1 Å². The van der Waals surface area contributed by atoms with Gasteiger partial charge in [-0.3, -0.25) is 0 Å². The van der Waals surface area contributed by atoms with Crippen LogP contribution in [0, 0.1) is 0 Å². The fraction of sp³-hybridized carbons (Fsp3) is 0.333. The lowest BCUT2D eigenvalue weighted by atomic mass is 10.2. The molecule has 0 unspecified atom stereocenters. The molecule has 13 heteroatoms. The summed E-state index contributed by atoms with van der Waals surface area (Å²) in [6, 6.07) is 17.0. The zero-order chi connectivity index (χ0) is 28.6. The Morgan fingerprint density at radius 1 is 0.725 bits per heavy atom. The van der Waals surface area contributed by atoms with E-state index in [1.807, 2.05) is 42.5 Å². The average molecular weight is 660 g/mol. The van der Waals surface area contributed by atoms with Crippen molar-refractivity contribution in [3.05, 3.63) is 71.3 Å². The van der Waals surface area contributed by atoms with Crippen molar-refractivity contribution < 1.29 is 29.1 Å². The molecule has 0 fully saturated rings. The van der Waals surface area contributed by atoms with Gasteiger partial charge in [-0.15, -0.1) is 23.2 Å². The van der Waals surface area contributed by atoms with Crippen LogP contribution in [0.2, 0.25) is 0 Å². The molecule has 3 aromatic rings. The average Bonchev–Trinajstić information content (AvgIpc) is 3.77. The summed E-state index contributed by atoms with van der Waals surface area (Å²) in [4.78, 5) is 15.3. The Morgan fingerprint density at radius 3 is 1.62 bits per heavy atom. The van der Waals surface area contributed by atoms with Crippen molar-refractivity contribution in [2.45, 2.75) is 19.6 Å². The van der Waals surface area contributed by atoms with Crippen LogP contribution in [0.15, 0.2) is 54.6 Å². The van der Waals surface area contributed by atoms with Crippen LogP contribution < -0.4 is 46.2 Å². The first-order valence-corrected chi connectivity index (χ1v) is 14.7. The number of phenols is 1. The van der Waals surface area contributed by atoms with Gasteiger partial charge in [-0.1, -0.05) is 52.3 Å². The first kappa shape index (κ1) is 31.9. The van der Waals surface area contributed by atoms with Gasteiger partial charge in [-0.05, 0) is 18.2 Å². The molecular formula is C27H33BrCl2N4O6. The van der Waals surface area contributed by atoms with Crippen molar-refractivity contribution in [3.63, 3.8) is 0 Å². The Morgan fingerprint density at radius 2 is 1.18 bits per heavy atom. The Hall–Kier alpha value is -2.64. The van der Waals surface area contributed by atoms with Crippen molar-refractivity contribution >= 4 is 39.1 Å². The van der Waals surface area contributed by atoms with Gasteiger partial charge >= 0.3 is 0 Å². The van der Waals surface area contributed by atoms with Gasteiger partial charge in [-0.2, -0.15) is 16.4 Å². The fourth-order valence-electron chi connectivity index (χ4n) is 3.56. The molecule has 3 aromatic carbocycles. The van der Waals surface area contributed by atoms with Crippen molar-refractivity contribution in [1.82, 2.24) is 16.4 Å². The molecule has 3 aliphatic heterocycles. The second-order valence-corrected chi connectivity index (χ2v) is 9.63. The number of nitrogens with two attached hydrogens (primary N) is 1. The summed E-state index contributed by atoms with van der Waals surface area (Å²) in [5, 5.41) is 10.1. The molecule has 3 aliphatic rings. The monoisotopic (exact) mass is 658 g/mol. The molecule has 6 rings (SSSR count). The van der Waals surface area contributed by atoms with Crippen LogP contribution in [-0.4, -0.2) is 42.0 Å². The standard InChI is InChI=1S/C9H10ClNO2.C9H12N2O2.C7H7NO2.C2H4BrCl/c2*10-4-5-12-8-3-1-2-7-6-11-13-9(7)8;9-6-3-1-2-5-4-8-10-7(5)6;3-1-2-4/h1-3,11H,4-6H2;1-3,11H,4-6,10H2;1-3,8-9H,4H2;1-2H2. The minimum atomic E-state index is 0.197. The molecule has 218 valence electrons. The highest BCUT2D eigenvalue weighted by Gasteiger charge is 2.18. The third kappa shape index (κ3) is 9.48. The highest BCUT2D eigenvalue weighted by Crippen LogP contribution is 2.34. The van der Waals surface area contributed by atoms with E-state index in [9.17, 15) is 0 Å². The maximum absolute atomic E-state index is 9.17. The lowest BCUT2D eigenvalue weighted by Crippen LogP contribution is -2.12.